The predicted molar refractivity (Wildman–Crippen MR) is 103 cm³/mol. The molecule has 0 amide bonds. The van der Waals surface area contributed by atoms with Crippen LogP contribution in [0.5, 0.6) is 0 Å². The monoisotopic (exact) mass is 392 g/mol. The Labute approximate surface area is 160 Å². The Kier molecular flexibility index (Phi) is 4.29. The zero-order valence-corrected chi connectivity index (χ0v) is 15.2. The van der Waals surface area contributed by atoms with Gasteiger partial charge in [0.05, 0.1) is 33.9 Å². The molecule has 6 nitrogen and oxygen atoms in total. The Balaban J connectivity index is 1.65. The van der Waals surface area contributed by atoms with Gasteiger partial charge in [0.2, 0.25) is 0 Å². The van der Waals surface area contributed by atoms with Gasteiger partial charge in [0.1, 0.15) is 5.82 Å². The van der Waals surface area contributed by atoms with E-state index in [9.17, 15) is 12.8 Å². The molecule has 3 aromatic carbocycles. The second kappa shape index (κ2) is 6.79. The summed E-state index contributed by atoms with van der Waals surface area (Å²) in [5, 5.41) is 13.8. The van der Waals surface area contributed by atoms with Crippen molar-refractivity contribution in [2.24, 2.45) is 0 Å². The Morgan fingerprint density at radius 3 is 2.39 bits per heavy atom. The number of hydrogen-bond acceptors (Lipinski definition) is 4. The topological polar surface area (TPSA) is 87.8 Å². The molecule has 0 saturated carbocycles. The zero-order chi connectivity index (χ0) is 19.7. The van der Waals surface area contributed by atoms with Gasteiger partial charge in [-0.2, -0.15) is 10.4 Å². The maximum Gasteiger partial charge on any atom is 0.261 e. The average molecular weight is 392 g/mol. The second-order valence-corrected chi connectivity index (χ2v) is 7.73. The summed E-state index contributed by atoms with van der Waals surface area (Å²) in [5.41, 5.74) is 2.22. The minimum Gasteiger partial charge on any atom is -0.280 e. The van der Waals surface area contributed by atoms with E-state index in [-0.39, 0.29) is 10.7 Å². The van der Waals surface area contributed by atoms with Crippen LogP contribution in [0.3, 0.4) is 0 Å². The fourth-order valence-corrected chi connectivity index (χ4v) is 3.86. The summed E-state index contributed by atoms with van der Waals surface area (Å²) in [4.78, 5) is 0.0635. The molecule has 4 aromatic rings. The highest BCUT2D eigenvalue weighted by atomic mass is 32.2. The number of hydrogen-bond donors (Lipinski definition) is 1. The van der Waals surface area contributed by atoms with E-state index < -0.39 is 10.0 Å². The minimum atomic E-state index is -3.79. The van der Waals surface area contributed by atoms with Crippen LogP contribution in [0, 0.1) is 17.1 Å². The van der Waals surface area contributed by atoms with Gasteiger partial charge in [0.25, 0.3) is 10.0 Å². The van der Waals surface area contributed by atoms with Crippen LogP contribution in [-0.2, 0) is 10.0 Å². The number of nitrogens with one attached hydrogen (secondary N) is 1. The van der Waals surface area contributed by atoms with E-state index in [0.717, 1.165) is 10.9 Å². The first-order valence-corrected chi connectivity index (χ1v) is 9.71. The van der Waals surface area contributed by atoms with Crippen LogP contribution in [0.2, 0.25) is 0 Å². The standard InChI is InChI=1S/C20H13FN4O2S/c21-16-3-6-18(7-4-16)25-20-10-5-17(11-15(20)13-23-25)24-28(26,27)19-8-1-14(12-22)2-9-19/h1-11,13,24H. The summed E-state index contributed by atoms with van der Waals surface area (Å²) in [7, 11) is -3.79. The number of benzene rings is 3. The van der Waals surface area contributed by atoms with Crippen molar-refractivity contribution in [1.29, 1.82) is 5.26 Å². The molecule has 0 atom stereocenters. The molecule has 0 aliphatic heterocycles. The quantitative estimate of drug-likeness (QED) is 0.572. The van der Waals surface area contributed by atoms with Crippen molar-refractivity contribution in [1.82, 2.24) is 9.78 Å². The number of aromatic nitrogens is 2. The Morgan fingerprint density at radius 2 is 1.71 bits per heavy atom. The molecule has 28 heavy (non-hydrogen) atoms. The summed E-state index contributed by atoms with van der Waals surface area (Å²) in [5.74, 6) is -0.334. The van der Waals surface area contributed by atoms with Gasteiger partial charge in [0, 0.05) is 11.1 Å². The van der Waals surface area contributed by atoms with Crippen LogP contribution in [0.4, 0.5) is 10.1 Å². The molecule has 0 aliphatic rings. The third-order valence-electron chi connectivity index (χ3n) is 4.19. The van der Waals surface area contributed by atoms with E-state index in [4.69, 9.17) is 5.26 Å². The van der Waals surface area contributed by atoms with Crippen LogP contribution in [-0.4, -0.2) is 18.2 Å². The summed E-state index contributed by atoms with van der Waals surface area (Å²) < 4.78 is 42.4. The molecule has 0 spiro atoms. The van der Waals surface area contributed by atoms with Crippen LogP contribution < -0.4 is 4.72 Å². The summed E-state index contributed by atoms with van der Waals surface area (Å²) in [6.45, 7) is 0. The van der Waals surface area contributed by atoms with Crippen molar-refractivity contribution in [3.05, 3.63) is 84.3 Å². The van der Waals surface area contributed by atoms with Gasteiger partial charge < -0.3 is 0 Å². The van der Waals surface area contributed by atoms with Crippen molar-refractivity contribution in [3.8, 4) is 11.8 Å². The lowest BCUT2D eigenvalue weighted by Crippen LogP contribution is -2.12. The van der Waals surface area contributed by atoms with Gasteiger partial charge in [0.15, 0.2) is 0 Å². The first-order valence-electron chi connectivity index (χ1n) is 8.23. The Hall–Kier alpha value is -3.70. The molecule has 0 saturated heterocycles. The maximum absolute atomic E-state index is 13.1. The van der Waals surface area contributed by atoms with Crippen molar-refractivity contribution >= 4 is 26.6 Å². The number of rotatable bonds is 4. The molecule has 0 bridgehead atoms. The van der Waals surface area contributed by atoms with E-state index in [2.05, 4.69) is 9.82 Å². The van der Waals surface area contributed by atoms with Crippen LogP contribution in [0.25, 0.3) is 16.6 Å². The molecule has 0 aliphatic carbocycles. The fourth-order valence-electron chi connectivity index (χ4n) is 2.81. The summed E-state index contributed by atoms with van der Waals surface area (Å²) in [6.07, 6.45) is 1.61. The van der Waals surface area contributed by atoms with Crippen molar-refractivity contribution in [3.63, 3.8) is 0 Å². The van der Waals surface area contributed by atoms with Gasteiger partial charge >= 0.3 is 0 Å². The molecular weight excluding hydrogens is 379 g/mol. The van der Waals surface area contributed by atoms with E-state index >= 15 is 0 Å². The van der Waals surface area contributed by atoms with E-state index in [1.165, 1.54) is 36.4 Å². The van der Waals surface area contributed by atoms with Gasteiger partial charge in [-0.15, -0.1) is 0 Å². The van der Waals surface area contributed by atoms with Crippen LogP contribution >= 0.6 is 0 Å². The first-order chi connectivity index (χ1) is 13.5. The lowest BCUT2D eigenvalue weighted by molar-refractivity contribution is 0.601. The first kappa shape index (κ1) is 17.7. The van der Waals surface area contributed by atoms with Crippen molar-refractivity contribution in [2.45, 2.75) is 4.90 Å². The normalized spacial score (nSPS) is 11.3. The van der Waals surface area contributed by atoms with Gasteiger partial charge in [-0.3, -0.25) is 4.72 Å². The van der Waals surface area contributed by atoms with Gasteiger partial charge in [-0.05, 0) is 66.7 Å². The summed E-state index contributed by atoms with van der Waals surface area (Å²) >= 11 is 0. The number of anilines is 1. The number of nitriles is 1. The van der Waals surface area contributed by atoms with E-state index in [1.807, 2.05) is 6.07 Å². The van der Waals surface area contributed by atoms with E-state index in [1.54, 1.807) is 41.2 Å². The lowest BCUT2D eigenvalue weighted by atomic mass is 10.2. The minimum absolute atomic E-state index is 0.0635. The number of fused-ring (bicyclic) bond motifs is 1. The maximum atomic E-state index is 13.1. The smallest absolute Gasteiger partial charge is 0.261 e. The molecule has 1 heterocycles. The van der Waals surface area contributed by atoms with Crippen molar-refractivity contribution < 1.29 is 12.8 Å². The number of halogens is 1. The average Bonchev–Trinajstić information content (AvgIpc) is 3.11. The highest BCUT2D eigenvalue weighted by Gasteiger charge is 2.15. The molecule has 8 heteroatoms. The number of sulfonamides is 1. The van der Waals surface area contributed by atoms with Crippen LogP contribution in [0.1, 0.15) is 5.56 Å². The third-order valence-corrected chi connectivity index (χ3v) is 5.58. The Bertz CT molecular complexity index is 1310. The van der Waals surface area contributed by atoms with E-state index in [0.29, 0.717) is 16.9 Å². The molecule has 0 fully saturated rings. The molecule has 138 valence electrons. The van der Waals surface area contributed by atoms with Gasteiger partial charge in [-0.1, -0.05) is 0 Å². The predicted octanol–water partition coefficient (Wildman–Crippen LogP) is 3.84. The second-order valence-electron chi connectivity index (χ2n) is 6.05. The van der Waals surface area contributed by atoms with Gasteiger partial charge in [-0.25, -0.2) is 17.5 Å². The molecule has 1 N–H and O–H groups in total. The highest BCUT2D eigenvalue weighted by Crippen LogP contribution is 2.24. The molecular formula is C20H13FN4O2S. The molecule has 0 radical (unpaired) electrons. The van der Waals surface area contributed by atoms with Crippen molar-refractivity contribution in [2.75, 3.05) is 4.72 Å². The summed E-state index contributed by atoms with van der Waals surface area (Å²) in [6, 6.07) is 18.6. The highest BCUT2D eigenvalue weighted by molar-refractivity contribution is 7.92. The zero-order valence-electron chi connectivity index (χ0n) is 14.4. The molecule has 4 rings (SSSR count). The Morgan fingerprint density at radius 1 is 1.00 bits per heavy atom. The van der Waals surface area contributed by atoms with Crippen LogP contribution in [0.15, 0.2) is 77.8 Å². The SMILES string of the molecule is N#Cc1ccc(S(=O)(=O)Nc2ccc3c(cnn3-c3ccc(F)cc3)c2)cc1. The third kappa shape index (κ3) is 3.31. The fraction of sp³-hybridized carbons (Fsp3) is 0. The largest absolute Gasteiger partial charge is 0.280 e. The molecule has 1 aromatic heterocycles. The number of nitrogens with zero attached hydrogens (tertiary/aromatic N) is 3. The molecule has 0 unspecified atom stereocenters. The lowest BCUT2D eigenvalue weighted by Gasteiger charge is -2.09.